The highest BCUT2D eigenvalue weighted by Crippen LogP contribution is 2.33. The summed E-state index contributed by atoms with van der Waals surface area (Å²) in [6.07, 6.45) is 0. The monoisotopic (exact) mass is 408 g/mol. The van der Waals surface area contributed by atoms with Gasteiger partial charge in [-0.2, -0.15) is 0 Å². The lowest BCUT2D eigenvalue weighted by Crippen LogP contribution is -2.42. The Kier molecular flexibility index (Phi) is 7.50. The number of nitrogens with one attached hydrogen (secondary N) is 2. The lowest BCUT2D eigenvalue weighted by Gasteiger charge is -2.14. The summed E-state index contributed by atoms with van der Waals surface area (Å²) in [5, 5.41) is 15.5. The fourth-order valence-electron chi connectivity index (χ4n) is 1.51. The van der Waals surface area contributed by atoms with Crippen LogP contribution in [0.1, 0.15) is 12.5 Å². The number of carbonyl (C=O) groups excluding carboxylic acids is 1. The molecule has 1 rings (SSSR count). The lowest BCUT2D eigenvalue weighted by atomic mass is 10.2. The highest BCUT2D eigenvalue weighted by molar-refractivity contribution is 9.11. The number of methoxy groups -OCH3 is 1. The second kappa shape index (κ2) is 8.61. The molecule has 0 aliphatic carbocycles. The van der Waals surface area contributed by atoms with Crippen molar-refractivity contribution in [2.75, 3.05) is 20.3 Å². The third-order valence-electron chi connectivity index (χ3n) is 2.69. The Hall–Kier alpha value is -0.630. The number of rotatable bonds is 7. The van der Waals surface area contributed by atoms with E-state index in [9.17, 15) is 9.90 Å². The molecule has 1 amide bonds. The van der Waals surface area contributed by atoms with Crippen LogP contribution < -0.4 is 10.6 Å². The van der Waals surface area contributed by atoms with Crippen molar-refractivity contribution in [3.63, 3.8) is 0 Å². The first-order valence-electron chi connectivity index (χ1n) is 6.12. The summed E-state index contributed by atoms with van der Waals surface area (Å²) >= 11 is 6.55. The number of phenolic OH excluding ortho intramolecular Hbond substituents is 1. The fraction of sp³-hybridized carbons (Fsp3) is 0.462. The van der Waals surface area contributed by atoms with Crippen LogP contribution in [0.3, 0.4) is 0 Å². The van der Waals surface area contributed by atoms with Gasteiger partial charge in [0.15, 0.2) is 0 Å². The number of hydrogen-bond donors (Lipinski definition) is 3. The Morgan fingerprint density at radius 2 is 2.00 bits per heavy atom. The highest BCUT2D eigenvalue weighted by atomic mass is 79.9. The first-order valence-corrected chi connectivity index (χ1v) is 7.71. The SMILES string of the molecule is COCCNC(=O)C(C)NCc1cc(Br)c(O)c(Br)c1. The van der Waals surface area contributed by atoms with Crippen molar-refractivity contribution in [3.8, 4) is 5.75 Å². The Morgan fingerprint density at radius 3 is 2.55 bits per heavy atom. The second-order valence-corrected chi connectivity index (χ2v) is 6.00. The molecule has 112 valence electrons. The van der Waals surface area contributed by atoms with Gasteiger partial charge in [-0.15, -0.1) is 0 Å². The molecule has 5 nitrogen and oxygen atoms in total. The van der Waals surface area contributed by atoms with Gasteiger partial charge in [-0.25, -0.2) is 0 Å². The molecule has 0 fully saturated rings. The van der Waals surface area contributed by atoms with Gasteiger partial charge in [0.25, 0.3) is 0 Å². The normalized spacial score (nSPS) is 12.2. The summed E-state index contributed by atoms with van der Waals surface area (Å²) in [7, 11) is 1.59. The van der Waals surface area contributed by atoms with E-state index in [1.54, 1.807) is 14.0 Å². The second-order valence-electron chi connectivity index (χ2n) is 4.29. The third-order valence-corrected chi connectivity index (χ3v) is 3.90. The predicted molar refractivity (Wildman–Crippen MR) is 84.7 cm³/mol. The van der Waals surface area contributed by atoms with Crippen LogP contribution in [-0.4, -0.2) is 37.3 Å². The molecule has 7 heteroatoms. The fourth-order valence-corrected chi connectivity index (χ4v) is 2.79. The summed E-state index contributed by atoms with van der Waals surface area (Å²) in [5.41, 5.74) is 0.957. The smallest absolute Gasteiger partial charge is 0.236 e. The van der Waals surface area contributed by atoms with Crippen LogP contribution in [-0.2, 0) is 16.1 Å². The van der Waals surface area contributed by atoms with Gasteiger partial charge in [-0.05, 0) is 56.5 Å². The van der Waals surface area contributed by atoms with Gasteiger partial charge in [-0.1, -0.05) is 0 Å². The summed E-state index contributed by atoms with van der Waals surface area (Å²) in [4.78, 5) is 11.7. The molecule has 1 aromatic carbocycles. The summed E-state index contributed by atoms with van der Waals surface area (Å²) in [6.45, 7) is 3.32. The molecule has 1 aromatic rings. The molecule has 0 saturated carbocycles. The number of hydrogen-bond acceptors (Lipinski definition) is 4. The molecular formula is C13H18Br2N2O3. The van der Waals surface area contributed by atoms with E-state index in [0.29, 0.717) is 28.6 Å². The average molecular weight is 410 g/mol. The first-order chi connectivity index (χ1) is 9.45. The van der Waals surface area contributed by atoms with Gasteiger partial charge >= 0.3 is 0 Å². The maximum absolute atomic E-state index is 11.7. The summed E-state index contributed by atoms with van der Waals surface area (Å²) in [5.74, 6) is 0.0954. The van der Waals surface area contributed by atoms with Gasteiger partial charge in [0.05, 0.1) is 21.6 Å². The van der Waals surface area contributed by atoms with Gasteiger partial charge in [0.1, 0.15) is 5.75 Å². The topological polar surface area (TPSA) is 70.6 Å². The third kappa shape index (κ3) is 5.40. The zero-order valence-corrected chi connectivity index (χ0v) is 14.5. The number of ether oxygens (including phenoxy) is 1. The average Bonchev–Trinajstić information content (AvgIpc) is 2.42. The first kappa shape index (κ1) is 17.4. The minimum Gasteiger partial charge on any atom is -0.506 e. The molecule has 0 saturated heterocycles. The van der Waals surface area contributed by atoms with Crippen LogP contribution in [0, 0.1) is 0 Å². The molecule has 0 bridgehead atoms. The largest absolute Gasteiger partial charge is 0.506 e. The van der Waals surface area contributed by atoms with E-state index in [4.69, 9.17) is 4.74 Å². The molecule has 0 heterocycles. The molecular weight excluding hydrogens is 392 g/mol. The standard InChI is InChI=1S/C13H18Br2N2O3/c1-8(13(19)16-3-4-20-2)17-7-9-5-10(14)12(18)11(15)6-9/h5-6,8,17-18H,3-4,7H2,1-2H3,(H,16,19). The molecule has 0 aliphatic heterocycles. The van der Waals surface area contributed by atoms with Crippen LogP contribution >= 0.6 is 31.9 Å². The van der Waals surface area contributed by atoms with Gasteiger partial charge in [0, 0.05) is 20.2 Å². The van der Waals surface area contributed by atoms with Crippen molar-refractivity contribution in [2.24, 2.45) is 0 Å². The zero-order chi connectivity index (χ0) is 15.1. The lowest BCUT2D eigenvalue weighted by molar-refractivity contribution is -0.122. The van der Waals surface area contributed by atoms with E-state index in [1.165, 1.54) is 0 Å². The summed E-state index contributed by atoms with van der Waals surface area (Å²) in [6, 6.07) is 3.31. The van der Waals surface area contributed by atoms with E-state index in [2.05, 4.69) is 42.5 Å². The minimum atomic E-state index is -0.307. The molecule has 1 unspecified atom stereocenters. The van der Waals surface area contributed by atoms with Crippen molar-refractivity contribution < 1.29 is 14.6 Å². The van der Waals surface area contributed by atoms with Crippen LogP contribution in [0.2, 0.25) is 0 Å². The maximum Gasteiger partial charge on any atom is 0.236 e. The number of aromatic hydroxyl groups is 1. The van der Waals surface area contributed by atoms with Crippen LogP contribution in [0.5, 0.6) is 5.75 Å². The maximum atomic E-state index is 11.7. The molecule has 20 heavy (non-hydrogen) atoms. The van der Waals surface area contributed by atoms with Crippen molar-refractivity contribution >= 4 is 37.8 Å². The number of benzene rings is 1. The Morgan fingerprint density at radius 1 is 1.40 bits per heavy atom. The zero-order valence-electron chi connectivity index (χ0n) is 11.4. The Bertz CT molecular complexity index is 446. The highest BCUT2D eigenvalue weighted by Gasteiger charge is 2.12. The van der Waals surface area contributed by atoms with E-state index < -0.39 is 0 Å². The van der Waals surface area contributed by atoms with Gasteiger partial charge in [-0.3, -0.25) is 4.79 Å². The van der Waals surface area contributed by atoms with E-state index >= 15 is 0 Å². The van der Waals surface area contributed by atoms with Crippen molar-refractivity contribution in [3.05, 3.63) is 26.6 Å². The van der Waals surface area contributed by atoms with Crippen LogP contribution in [0.15, 0.2) is 21.1 Å². The number of halogens is 2. The molecule has 3 N–H and O–H groups in total. The predicted octanol–water partition coefficient (Wildman–Crippen LogP) is 2.16. The Labute approximate surface area is 135 Å². The van der Waals surface area contributed by atoms with Gasteiger partial charge in [0.2, 0.25) is 5.91 Å². The molecule has 0 aliphatic rings. The molecule has 0 aromatic heterocycles. The number of amides is 1. The molecule has 1 atom stereocenters. The van der Waals surface area contributed by atoms with Crippen molar-refractivity contribution in [1.82, 2.24) is 10.6 Å². The van der Waals surface area contributed by atoms with Crippen LogP contribution in [0.4, 0.5) is 0 Å². The van der Waals surface area contributed by atoms with Crippen LogP contribution in [0.25, 0.3) is 0 Å². The van der Waals surface area contributed by atoms with Crippen molar-refractivity contribution in [2.45, 2.75) is 19.5 Å². The van der Waals surface area contributed by atoms with E-state index in [-0.39, 0.29) is 17.7 Å². The van der Waals surface area contributed by atoms with Gasteiger partial charge < -0.3 is 20.5 Å². The van der Waals surface area contributed by atoms with E-state index in [1.807, 2.05) is 12.1 Å². The van der Waals surface area contributed by atoms with Crippen molar-refractivity contribution in [1.29, 1.82) is 0 Å². The summed E-state index contributed by atoms with van der Waals surface area (Å²) < 4.78 is 6.09. The Balaban J connectivity index is 2.48. The molecule has 0 radical (unpaired) electrons. The molecule has 0 spiro atoms. The minimum absolute atomic E-state index is 0.0704. The van der Waals surface area contributed by atoms with E-state index in [0.717, 1.165) is 5.56 Å². The number of phenols is 1. The quantitative estimate of drug-likeness (QED) is 0.603. The number of carbonyl (C=O) groups is 1.